The Hall–Kier alpha value is -2.07. The third-order valence-electron chi connectivity index (χ3n) is 3.32. The summed E-state index contributed by atoms with van der Waals surface area (Å²) in [6.45, 7) is 3.54. The Kier molecular flexibility index (Phi) is 5.14. The molecule has 0 unspecified atom stereocenters. The number of alkyl halides is 3. The van der Waals surface area contributed by atoms with Crippen LogP contribution >= 0.6 is 11.3 Å². The fraction of sp³-hybridized carbons (Fsp3) is 0.267. The smallest absolute Gasteiger partial charge is 0.495 e. The Morgan fingerprint density at radius 1 is 1.20 bits per heavy atom. The maximum atomic E-state index is 12.7. The minimum Gasteiger partial charge on any atom is -0.495 e. The van der Waals surface area contributed by atoms with E-state index >= 15 is 0 Å². The topological polar surface area (TPSA) is 72.5 Å². The second-order valence-electron chi connectivity index (χ2n) is 5.09. The number of benzene rings is 1. The Morgan fingerprint density at radius 2 is 1.84 bits per heavy atom. The van der Waals surface area contributed by atoms with Gasteiger partial charge in [-0.2, -0.15) is 13.2 Å². The lowest BCUT2D eigenvalue weighted by molar-refractivity contribution is -0.0436. The van der Waals surface area contributed by atoms with Gasteiger partial charge in [0.25, 0.3) is 15.7 Å². The van der Waals surface area contributed by atoms with Crippen LogP contribution in [-0.2, 0) is 9.84 Å². The van der Waals surface area contributed by atoms with Gasteiger partial charge in [-0.25, -0.2) is 8.42 Å². The molecule has 0 saturated carbocycles. The van der Waals surface area contributed by atoms with Gasteiger partial charge in [-0.3, -0.25) is 4.79 Å². The molecule has 1 N–H and O–H groups in total. The number of rotatable bonds is 4. The van der Waals surface area contributed by atoms with E-state index in [0.717, 1.165) is 28.0 Å². The van der Waals surface area contributed by atoms with Crippen molar-refractivity contribution in [2.75, 3.05) is 12.4 Å². The molecule has 2 rings (SSSR count). The van der Waals surface area contributed by atoms with Crippen LogP contribution in [0.3, 0.4) is 0 Å². The van der Waals surface area contributed by atoms with Gasteiger partial charge in [0.15, 0.2) is 0 Å². The molecule has 136 valence electrons. The van der Waals surface area contributed by atoms with Gasteiger partial charge in [-0.05, 0) is 38.1 Å². The molecule has 0 fully saturated rings. The zero-order valence-electron chi connectivity index (χ0n) is 13.4. The van der Waals surface area contributed by atoms with E-state index in [1.165, 1.54) is 18.4 Å². The molecular formula is C15H14F3NO4S2. The number of aryl methyl sites for hydroxylation is 2. The molecule has 1 aromatic heterocycles. The second-order valence-corrected chi connectivity index (χ2v) is 8.49. The number of ether oxygens (including phenoxy) is 1. The van der Waals surface area contributed by atoms with Crippen LogP contribution in [0.4, 0.5) is 18.9 Å². The molecular weight excluding hydrogens is 379 g/mol. The zero-order valence-corrected chi connectivity index (χ0v) is 15.0. The van der Waals surface area contributed by atoms with Crippen molar-refractivity contribution in [1.29, 1.82) is 0 Å². The lowest BCUT2D eigenvalue weighted by atomic mass is 10.2. The number of nitrogens with one attached hydrogen (secondary N) is 1. The summed E-state index contributed by atoms with van der Waals surface area (Å²) < 4.78 is 66.2. The summed E-state index contributed by atoms with van der Waals surface area (Å²) in [5.74, 6) is -0.527. The minimum atomic E-state index is -5.53. The van der Waals surface area contributed by atoms with Crippen LogP contribution < -0.4 is 10.1 Å². The molecule has 0 atom stereocenters. The summed E-state index contributed by atoms with van der Waals surface area (Å²) in [6, 6.07) is 4.20. The Morgan fingerprint density at radius 3 is 2.32 bits per heavy atom. The largest absolute Gasteiger partial charge is 0.501 e. The van der Waals surface area contributed by atoms with Gasteiger partial charge in [-0.1, -0.05) is 0 Å². The van der Waals surface area contributed by atoms with Crippen molar-refractivity contribution in [3.05, 3.63) is 39.6 Å². The minimum absolute atomic E-state index is 0.0408. The third-order valence-corrected chi connectivity index (χ3v) is 5.77. The molecule has 1 amide bonds. The lowest BCUT2D eigenvalue weighted by Crippen LogP contribution is -2.23. The van der Waals surface area contributed by atoms with Crippen molar-refractivity contribution in [1.82, 2.24) is 0 Å². The average Bonchev–Trinajstić information content (AvgIpc) is 2.84. The first-order valence-corrected chi connectivity index (χ1v) is 9.15. The van der Waals surface area contributed by atoms with Crippen LogP contribution in [0.2, 0.25) is 0 Å². The molecule has 0 aliphatic rings. The number of halogens is 3. The predicted octanol–water partition coefficient (Wildman–Crippen LogP) is 3.92. The van der Waals surface area contributed by atoms with Crippen LogP contribution in [0.25, 0.3) is 0 Å². The lowest BCUT2D eigenvalue weighted by Gasteiger charge is -2.13. The van der Waals surface area contributed by atoms with Crippen molar-refractivity contribution in [2.45, 2.75) is 24.3 Å². The molecule has 0 bridgehead atoms. The maximum Gasteiger partial charge on any atom is 0.501 e. The molecule has 0 aliphatic heterocycles. The van der Waals surface area contributed by atoms with Crippen LogP contribution in [0, 0.1) is 13.8 Å². The zero-order chi connectivity index (χ0) is 19.0. The molecule has 0 aliphatic carbocycles. The first-order valence-electron chi connectivity index (χ1n) is 6.85. The van der Waals surface area contributed by atoms with E-state index in [4.69, 9.17) is 4.74 Å². The molecule has 0 saturated heterocycles. The van der Waals surface area contributed by atoms with Crippen molar-refractivity contribution in [2.24, 2.45) is 0 Å². The van der Waals surface area contributed by atoms with Gasteiger partial charge in [-0.15, -0.1) is 11.3 Å². The van der Waals surface area contributed by atoms with E-state index in [0.29, 0.717) is 5.56 Å². The summed E-state index contributed by atoms with van der Waals surface area (Å²) in [5, 5.41) is 2.41. The van der Waals surface area contributed by atoms with Crippen molar-refractivity contribution >= 4 is 32.8 Å². The van der Waals surface area contributed by atoms with E-state index < -0.39 is 26.1 Å². The Bertz CT molecular complexity index is 917. The summed E-state index contributed by atoms with van der Waals surface area (Å²) in [7, 11) is -4.28. The van der Waals surface area contributed by atoms with Gasteiger partial charge in [0.2, 0.25) is 0 Å². The third kappa shape index (κ3) is 3.79. The van der Waals surface area contributed by atoms with Gasteiger partial charge in [0, 0.05) is 9.75 Å². The number of anilines is 1. The summed E-state index contributed by atoms with van der Waals surface area (Å²) in [5.41, 5.74) is -5.25. The molecule has 1 heterocycles. The van der Waals surface area contributed by atoms with Gasteiger partial charge in [0.1, 0.15) is 5.75 Å². The fourth-order valence-corrected chi connectivity index (χ4v) is 3.84. The first-order chi connectivity index (χ1) is 11.5. The number of carbonyl (C=O) groups excluding carboxylic acids is 1. The molecule has 1 aromatic carbocycles. The Labute approximate surface area is 146 Å². The quantitative estimate of drug-likeness (QED) is 0.855. The number of methoxy groups -OCH3 is 1. The SMILES string of the molecule is COc1ccc(S(=O)(=O)C(F)(F)F)cc1NC(=O)c1cc(C)sc1C. The van der Waals surface area contributed by atoms with E-state index in [2.05, 4.69) is 5.32 Å². The van der Waals surface area contributed by atoms with E-state index in [1.54, 1.807) is 13.0 Å². The highest BCUT2D eigenvalue weighted by molar-refractivity contribution is 7.92. The van der Waals surface area contributed by atoms with Crippen molar-refractivity contribution in [3.8, 4) is 5.75 Å². The molecule has 25 heavy (non-hydrogen) atoms. The van der Waals surface area contributed by atoms with E-state index in [9.17, 15) is 26.4 Å². The molecule has 0 radical (unpaired) electrons. The van der Waals surface area contributed by atoms with Gasteiger partial charge in [0.05, 0.1) is 23.3 Å². The molecule has 0 spiro atoms. The first kappa shape index (κ1) is 19.3. The number of carbonyl (C=O) groups is 1. The number of thiophene rings is 1. The molecule has 10 heteroatoms. The summed E-state index contributed by atoms with van der Waals surface area (Å²) >= 11 is 1.39. The van der Waals surface area contributed by atoms with Crippen molar-refractivity contribution < 1.29 is 31.1 Å². The highest BCUT2D eigenvalue weighted by Gasteiger charge is 2.47. The highest BCUT2D eigenvalue weighted by atomic mass is 32.2. The maximum absolute atomic E-state index is 12.7. The van der Waals surface area contributed by atoms with Gasteiger partial charge >= 0.3 is 5.51 Å². The van der Waals surface area contributed by atoms with Gasteiger partial charge < -0.3 is 10.1 Å². The number of hydrogen-bond donors (Lipinski definition) is 1. The fourth-order valence-electron chi connectivity index (χ4n) is 2.13. The van der Waals surface area contributed by atoms with Crippen LogP contribution in [0.5, 0.6) is 5.75 Å². The van der Waals surface area contributed by atoms with E-state index in [-0.39, 0.29) is 11.4 Å². The average molecular weight is 393 g/mol. The standard InChI is InChI=1S/C15H14F3NO4S2/c1-8-6-11(9(2)24-8)14(20)19-12-7-10(4-5-13(12)23-3)25(21,22)15(16,17)18/h4-7H,1-3H3,(H,19,20). The van der Waals surface area contributed by atoms with Crippen LogP contribution in [0.15, 0.2) is 29.2 Å². The van der Waals surface area contributed by atoms with E-state index in [1.807, 2.05) is 6.92 Å². The number of amides is 1. The summed E-state index contributed by atoms with van der Waals surface area (Å²) in [4.78, 5) is 13.0. The highest BCUT2D eigenvalue weighted by Crippen LogP contribution is 2.35. The Balaban J connectivity index is 2.45. The second kappa shape index (κ2) is 6.68. The summed E-state index contributed by atoms with van der Waals surface area (Å²) in [6.07, 6.45) is 0. The normalized spacial score (nSPS) is 12.1. The number of hydrogen-bond acceptors (Lipinski definition) is 5. The predicted molar refractivity (Wildman–Crippen MR) is 88.0 cm³/mol. The van der Waals surface area contributed by atoms with Crippen LogP contribution in [-0.4, -0.2) is 26.9 Å². The molecule has 2 aromatic rings. The van der Waals surface area contributed by atoms with Crippen LogP contribution in [0.1, 0.15) is 20.1 Å². The monoisotopic (exact) mass is 393 g/mol. The van der Waals surface area contributed by atoms with Crippen molar-refractivity contribution in [3.63, 3.8) is 0 Å². The number of sulfone groups is 1. The molecule has 5 nitrogen and oxygen atoms in total.